The van der Waals surface area contributed by atoms with Crippen molar-refractivity contribution in [1.29, 1.82) is 0 Å². The third-order valence-electron chi connectivity index (χ3n) is 3.69. The number of piperazine rings is 1. The summed E-state index contributed by atoms with van der Waals surface area (Å²) < 4.78 is 1.02. The highest BCUT2D eigenvalue weighted by Gasteiger charge is 2.20. The third-order valence-corrected chi connectivity index (χ3v) is 4.12. The smallest absolute Gasteiger partial charge is 0.131 e. The molecule has 0 aliphatic carbocycles. The first-order chi connectivity index (χ1) is 10.1. The summed E-state index contributed by atoms with van der Waals surface area (Å²) in [6.45, 7) is 5.87. The highest BCUT2D eigenvalue weighted by molar-refractivity contribution is 9.10. The molecule has 3 heterocycles. The van der Waals surface area contributed by atoms with Crippen LogP contribution in [-0.2, 0) is 0 Å². The van der Waals surface area contributed by atoms with Crippen LogP contribution in [0.5, 0.6) is 0 Å². The summed E-state index contributed by atoms with van der Waals surface area (Å²) in [6, 6.07) is 5.99. The highest BCUT2D eigenvalue weighted by Crippen LogP contribution is 2.23. The van der Waals surface area contributed by atoms with Crippen LogP contribution in [0.2, 0.25) is 0 Å². The van der Waals surface area contributed by atoms with Gasteiger partial charge in [-0.15, -0.1) is 0 Å². The van der Waals surface area contributed by atoms with E-state index in [1.807, 2.05) is 18.3 Å². The summed E-state index contributed by atoms with van der Waals surface area (Å²) >= 11 is 3.46. The average molecular weight is 348 g/mol. The van der Waals surface area contributed by atoms with Gasteiger partial charge in [-0.1, -0.05) is 0 Å². The summed E-state index contributed by atoms with van der Waals surface area (Å²) in [4.78, 5) is 13.5. The van der Waals surface area contributed by atoms with Gasteiger partial charge in [-0.3, -0.25) is 0 Å². The number of halogens is 1. The van der Waals surface area contributed by atoms with Gasteiger partial charge in [0.1, 0.15) is 11.6 Å². The van der Waals surface area contributed by atoms with Gasteiger partial charge in [-0.05, 0) is 46.6 Å². The Kier molecular flexibility index (Phi) is 3.96. The zero-order chi connectivity index (χ0) is 14.8. The van der Waals surface area contributed by atoms with Crippen LogP contribution in [0.15, 0.2) is 35.1 Å². The van der Waals surface area contributed by atoms with Crippen molar-refractivity contribution in [1.82, 2.24) is 9.97 Å². The second kappa shape index (κ2) is 5.89. The van der Waals surface area contributed by atoms with Crippen LogP contribution < -0.4 is 15.5 Å². The molecule has 6 heteroatoms. The fraction of sp³-hybridized carbons (Fsp3) is 0.333. The van der Waals surface area contributed by atoms with Crippen molar-refractivity contribution in [3.05, 3.63) is 40.6 Å². The summed E-state index contributed by atoms with van der Waals surface area (Å²) in [5.74, 6) is 2.06. The van der Waals surface area contributed by atoms with E-state index < -0.39 is 0 Å². The molecule has 0 radical (unpaired) electrons. The SMILES string of the molecule is Cc1cc(Br)cnc1N1CCN(c2ccc(N)cn2)CC1. The van der Waals surface area contributed by atoms with Crippen molar-refractivity contribution in [2.75, 3.05) is 41.7 Å². The van der Waals surface area contributed by atoms with Gasteiger partial charge in [-0.25, -0.2) is 9.97 Å². The lowest BCUT2D eigenvalue weighted by Crippen LogP contribution is -2.47. The first-order valence-corrected chi connectivity index (χ1v) is 7.76. The van der Waals surface area contributed by atoms with E-state index in [2.05, 4.69) is 48.7 Å². The molecule has 0 saturated carbocycles. The Morgan fingerprint density at radius 1 is 1.05 bits per heavy atom. The molecule has 2 aromatic rings. The molecule has 2 N–H and O–H groups in total. The molecule has 0 amide bonds. The number of nitrogen functional groups attached to an aromatic ring is 1. The molecule has 0 spiro atoms. The van der Waals surface area contributed by atoms with Crippen LogP contribution in [0, 0.1) is 6.92 Å². The number of anilines is 3. The second-order valence-corrected chi connectivity index (χ2v) is 6.13. The number of aryl methyl sites for hydroxylation is 1. The molecule has 2 aromatic heterocycles. The number of hydrogen-bond donors (Lipinski definition) is 1. The Morgan fingerprint density at radius 3 is 2.38 bits per heavy atom. The van der Waals surface area contributed by atoms with Gasteiger partial charge in [0.25, 0.3) is 0 Å². The zero-order valence-corrected chi connectivity index (χ0v) is 13.5. The molecule has 5 nitrogen and oxygen atoms in total. The molecule has 21 heavy (non-hydrogen) atoms. The number of rotatable bonds is 2. The monoisotopic (exact) mass is 347 g/mol. The van der Waals surface area contributed by atoms with E-state index in [-0.39, 0.29) is 0 Å². The van der Waals surface area contributed by atoms with Crippen molar-refractivity contribution in [3.8, 4) is 0 Å². The quantitative estimate of drug-likeness (QED) is 0.904. The van der Waals surface area contributed by atoms with Crippen molar-refractivity contribution < 1.29 is 0 Å². The summed E-state index contributed by atoms with van der Waals surface area (Å²) in [5.41, 5.74) is 7.58. The van der Waals surface area contributed by atoms with Gasteiger partial charge in [0.2, 0.25) is 0 Å². The van der Waals surface area contributed by atoms with Gasteiger partial charge < -0.3 is 15.5 Å². The van der Waals surface area contributed by atoms with Gasteiger partial charge >= 0.3 is 0 Å². The number of nitrogens with zero attached hydrogens (tertiary/aromatic N) is 4. The highest BCUT2D eigenvalue weighted by atomic mass is 79.9. The van der Waals surface area contributed by atoms with Gasteiger partial charge in [0.05, 0.1) is 11.9 Å². The molecule has 0 unspecified atom stereocenters. The maximum atomic E-state index is 5.68. The van der Waals surface area contributed by atoms with Crippen molar-refractivity contribution in [2.45, 2.75) is 6.92 Å². The Balaban J connectivity index is 1.68. The van der Waals surface area contributed by atoms with E-state index in [0.717, 1.165) is 42.3 Å². The van der Waals surface area contributed by atoms with Crippen molar-refractivity contribution >= 4 is 33.3 Å². The fourth-order valence-corrected chi connectivity index (χ4v) is 3.04. The minimum absolute atomic E-state index is 0.701. The number of aromatic nitrogens is 2. The molecule has 1 aliphatic heterocycles. The fourth-order valence-electron chi connectivity index (χ4n) is 2.60. The molecule has 0 aromatic carbocycles. The van der Waals surface area contributed by atoms with Gasteiger partial charge in [0, 0.05) is 36.8 Å². The summed E-state index contributed by atoms with van der Waals surface area (Å²) in [6.07, 6.45) is 3.57. The zero-order valence-electron chi connectivity index (χ0n) is 12.0. The molecule has 110 valence electrons. The molecule has 3 rings (SSSR count). The molecule has 1 saturated heterocycles. The molecular weight excluding hydrogens is 330 g/mol. The van der Waals surface area contributed by atoms with Crippen LogP contribution in [-0.4, -0.2) is 36.1 Å². The maximum absolute atomic E-state index is 5.68. The molecule has 1 aliphatic rings. The Hall–Kier alpha value is -1.82. The van der Waals surface area contributed by atoms with Gasteiger partial charge in [0.15, 0.2) is 0 Å². The minimum atomic E-state index is 0.701. The summed E-state index contributed by atoms with van der Waals surface area (Å²) in [5, 5.41) is 0. The van der Waals surface area contributed by atoms with E-state index in [1.54, 1.807) is 6.20 Å². The molecule has 0 atom stereocenters. The predicted molar refractivity (Wildman–Crippen MR) is 89.7 cm³/mol. The Bertz CT molecular complexity index is 620. The van der Waals surface area contributed by atoms with Crippen LogP contribution in [0.1, 0.15) is 5.56 Å². The van der Waals surface area contributed by atoms with E-state index in [4.69, 9.17) is 5.73 Å². The lowest BCUT2D eigenvalue weighted by Gasteiger charge is -2.36. The van der Waals surface area contributed by atoms with E-state index >= 15 is 0 Å². The normalized spacial score (nSPS) is 15.3. The van der Waals surface area contributed by atoms with E-state index in [0.29, 0.717) is 5.69 Å². The predicted octanol–water partition coefficient (Wildman–Crippen LogP) is 2.46. The molecular formula is C15H18BrN5. The topological polar surface area (TPSA) is 58.3 Å². The molecule has 1 fully saturated rings. The number of nitrogens with two attached hydrogens (primary N) is 1. The second-order valence-electron chi connectivity index (χ2n) is 5.22. The van der Waals surface area contributed by atoms with Crippen molar-refractivity contribution in [3.63, 3.8) is 0 Å². The van der Waals surface area contributed by atoms with Crippen LogP contribution in [0.4, 0.5) is 17.3 Å². The number of pyridine rings is 2. The number of hydrogen-bond acceptors (Lipinski definition) is 5. The maximum Gasteiger partial charge on any atom is 0.131 e. The lowest BCUT2D eigenvalue weighted by atomic mass is 10.2. The van der Waals surface area contributed by atoms with Crippen LogP contribution in [0.25, 0.3) is 0 Å². The van der Waals surface area contributed by atoms with E-state index in [9.17, 15) is 0 Å². The summed E-state index contributed by atoms with van der Waals surface area (Å²) in [7, 11) is 0. The van der Waals surface area contributed by atoms with Crippen LogP contribution >= 0.6 is 15.9 Å². The Labute approximate surface area is 132 Å². The average Bonchev–Trinajstić information content (AvgIpc) is 2.48. The van der Waals surface area contributed by atoms with Gasteiger partial charge in [-0.2, -0.15) is 0 Å². The third kappa shape index (κ3) is 3.10. The lowest BCUT2D eigenvalue weighted by molar-refractivity contribution is 0.640. The Morgan fingerprint density at radius 2 is 1.76 bits per heavy atom. The van der Waals surface area contributed by atoms with Crippen LogP contribution in [0.3, 0.4) is 0 Å². The largest absolute Gasteiger partial charge is 0.397 e. The molecule has 0 bridgehead atoms. The first-order valence-electron chi connectivity index (χ1n) is 6.97. The first kappa shape index (κ1) is 14.1. The van der Waals surface area contributed by atoms with Crippen molar-refractivity contribution in [2.24, 2.45) is 0 Å². The van der Waals surface area contributed by atoms with E-state index in [1.165, 1.54) is 5.56 Å². The standard InChI is InChI=1S/C15H18BrN5/c1-11-8-12(16)9-19-15(11)21-6-4-20(5-7-21)14-3-2-13(17)10-18-14/h2-3,8-10H,4-7,17H2,1H3. The minimum Gasteiger partial charge on any atom is -0.397 e.